The van der Waals surface area contributed by atoms with Crippen LogP contribution >= 0.6 is 0 Å². The Morgan fingerprint density at radius 2 is 1.78 bits per heavy atom. The van der Waals surface area contributed by atoms with Crippen LogP contribution in [0.1, 0.15) is 33.8 Å². The summed E-state index contributed by atoms with van der Waals surface area (Å²) in [6.07, 6.45) is 2.79. The van der Waals surface area contributed by atoms with E-state index in [4.69, 9.17) is 11.5 Å². The van der Waals surface area contributed by atoms with Crippen molar-refractivity contribution in [2.45, 2.75) is 12.3 Å². The fraction of sp³-hybridized carbons (Fsp3) is 0.0870. The number of nitrogens with zero attached hydrogens (tertiary/aromatic N) is 2. The van der Waals surface area contributed by atoms with E-state index in [-0.39, 0.29) is 12.2 Å². The minimum absolute atomic E-state index is 0.168. The largest absolute Gasteiger partial charge is 0.370 e. The van der Waals surface area contributed by atoms with E-state index in [2.05, 4.69) is 20.3 Å². The number of fused-ring (bicyclic) bond motifs is 1. The summed E-state index contributed by atoms with van der Waals surface area (Å²) < 4.78 is 0. The number of benzene rings is 2. The van der Waals surface area contributed by atoms with Gasteiger partial charge in [-0.05, 0) is 17.7 Å². The molecule has 2 aromatic heterocycles. The summed E-state index contributed by atoms with van der Waals surface area (Å²) in [5.74, 6) is -1.87. The van der Waals surface area contributed by atoms with Crippen LogP contribution in [0.25, 0.3) is 11.0 Å². The molecule has 0 aliphatic carbocycles. The SMILES string of the molecule is NC(=O)CC(C(N)=O)c1cccc(Nc2ncnc3[nH]cc(C(=O)c4ccccc4)c23)c1. The molecule has 4 rings (SSSR count). The molecule has 0 saturated heterocycles. The zero-order chi connectivity index (χ0) is 22.7. The van der Waals surface area contributed by atoms with Crippen LogP contribution in [0.15, 0.2) is 67.1 Å². The highest BCUT2D eigenvalue weighted by Gasteiger charge is 2.22. The number of aromatic nitrogens is 3. The van der Waals surface area contributed by atoms with E-state index in [1.165, 1.54) is 6.33 Å². The van der Waals surface area contributed by atoms with Gasteiger partial charge in [-0.1, -0.05) is 42.5 Å². The molecule has 1 unspecified atom stereocenters. The monoisotopic (exact) mass is 428 g/mol. The van der Waals surface area contributed by atoms with E-state index in [1.54, 1.807) is 54.7 Å². The summed E-state index contributed by atoms with van der Waals surface area (Å²) in [7, 11) is 0. The first kappa shape index (κ1) is 20.7. The standard InChI is InChI=1S/C23H20N6O3/c24-18(30)10-16(21(25)32)14-7-4-8-15(9-14)29-23-19-17(11-26-22(19)27-12-28-23)20(31)13-5-2-1-3-6-13/h1-9,11-12,16H,10H2,(H2,24,30)(H2,25,32)(H2,26,27,28,29). The molecule has 0 bridgehead atoms. The number of aromatic amines is 1. The van der Waals surface area contributed by atoms with Crippen LogP contribution in [0.3, 0.4) is 0 Å². The fourth-order valence-electron chi connectivity index (χ4n) is 3.54. The predicted octanol–water partition coefficient (Wildman–Crippen LogP) is 2.38. The molecule has 9 heteroatoms. The molecule has 2 amide bonds. The van der Waals surface area contributed by atoms with Gasteiger partial charge < -0.3 is 21.8 Å². The number of carbonyl (C=O) groups is 3. The average Bonchev–Trinajstić information content (AvgIpc) is 3.23. The Morgan fingerprint density at radius 3 is 2.50 bits per heavy atom. The highest BCUT2D eigenvalue weighted by Crippen LogP contribution is 2.29. The van der Waals surface area contributed by atoms with Crippen LogP contribution < -0.4 is 16.8 Å². The van der Waals surface area contributed by atoms with Gasteiger partial charge in [0.05, 0.1) is 16.9 Å². The van der Waals surface area contributed by atoms with E-state index >= 15 is 0 Å². The quantitative estimate of drug-likeness (QED) is 0.316. The van der Waals surface area contributed by atoms with Crippen LogP contribution in [-0.4, -0.2) is 32.5 Å². The topological polar surface area (TPSA) is 157 Å². The molecular weight excluding hydrogens is 408 g/mol. The van der Waals surface area contributed by atoms with Gasteiger partial charge in [0.25, 0.3) is 0 Å². The molecule has 32 heavy (non-hydrogen) atoms. The van der Waals surface area contributed by atoms with E-state index in [0.29, 0.717) is 39.2 Å². The van der Waals surface area contributed by atoms with Gasteiger partial charge in [0.15, 0.2) is 5.78 Å². The first-order valence-electron chi connectivity index (χ1n) is 9.80. The number of amides is 2. The van der Waals surface area contributed by atoms with Crippen molar-refractivity contribution >= 4 is 40.1 Å². The number of nitrogens with two attached hydrogens (primary N) is 2. The number of anilines is 2. The number of carbonyl (C=O) groups excluding carboxylic acids is 3. The van der Waals surface area contributed by atoms with Gasteiger partial charge in [-0.2, -0.15) is 0 Å². The average molecular weight is 428 g/mol. The molecule has 0 saturated carbocycles. The van der Waals surface area contributed by atoms with Crippen molar-refractivity contribution in [3.8, 4) is 0 Å². The highest BCUT2D eigenvalue weighted by molar-refractivity contribution is 6.18. The van der Waals surface area contributed by atoms with E-state index in [9.17, 15) is 14.4 Å². The fourth-order valence-corrected chi connectivity index (χ4v) is 3.54. The molecule has 0 spiro atoms. The predicted molar refractivity (Wildman–Crippen MR) is 119 cm³/mol. The Hall–Kier alpha value is -4.53. The van der Waals surface area contributed by atoms with Crippen LogP contribution in [0.4, 0.5) is 11.5 Å². The van der Waals surface area contributed by atoms with E-state index in [1.807, 2.05) is 6.07 Å². The Labute approximate surface area is 182 Å². The molecule has 0 aliphatic heterocycles. The van der Waals surface area contributed by atoms with E-state index in [0.717, 1.165) is 0 Å². The summed E-state index contributed by atoms with van der Waals surface area (Å²) in [5, 5.41) is 3.71. The van der Waals surface area contributed by atoms with Gasteiger partial charge in [0.1, 0.15) is 17.8 Å². The maximum atomic E-state index is 13.0. The summed E-state index contributed by atoms with van der Waals surface area (Å²) in [6, 6.07) is 15.8. The van der Waals surface area contributed by atoms with Crippen molar-refractivity contribution in [2.75, 3.05) is 5.32 Å². The zero-order valence-corrected chi connectivity index (χ0v) is 16.9. The van der Waals surface area contributed by atoms with Gasteiger partial charge >= 0.3 is 0 Å². The second kappa shape index (κ2) is 8.68. The summed E-state index contributed by atoms with van der Waals surface area (Å²) in [5.41, 5.74) is 13.3. The lowest BCUT2D eigenvalue weighted by Crippen LogP contribution is -2.26. The molecule has 0 fully saturated rings. The van der Waals surface area contributed by atoms with E-state index < -0.39 is 17.7 Å². The van der Waals surface area contributed by atoms with Crippen LogP contribution in [-0.2, 0) is 9.59 Å². The van der Waals surface area contributed by atoms with Gasteiger partial charge in [0.2, 0.25) is 11.8 Å². The minimum Gasteiger partial charge on any atom is -0.370 e. The van der Waals surface area contributed by atoms with Crippen molar-refractivity contribution in [3.63, 3.8) is 0 Å². The third kappa shape index (κ3) is 4.17. The lowest BCUT2D eigenvalue weighted by molar-refractivity contribution is -0.124. The van der Waals surface area contributed by atoms with Crippen LogP contribution in [0, 0.1) is 0 Å². The lowest BCUT2D eigenvalue weighted by Gasteiger charge is -2.14. The molecule has 2 heterocycles. The number of rotatable bonds is 8. The molecule has 6 N–H and O–H groups in total. The first-order chi connectivity index (χ1) is 15.4. The molecule has 4 aromatic rings. The van der Waals surface area contributed by atoms with Crippen molar-refractivity contribution in [1.29, 1.82) is 0 Å². The molecular formula is C23H20N6O3. The van der Waals surface area contributed by atoms with Crippen molar-refractivity contribution in [3.05, 3.63) is 83.8 Å². The van der Waals surface area contributed by atoms with Crippen molar-refractivity contribution in [1.82, 2.24) is 15.0 Å². The highest BCUT2D eigenvalue weighted by atomic mass is 16.2. The second-order valence-electron chi connectivity index (χ2n) is 7.22. The molecule has 2 aromatic carbocycles. The normalized spacial score (nSPS) is 11.8. The number of H-pyrrole nitrogens is 1. The van der Waals surface area contributed by atoms with Crippen LogP contribution in [0.5, 0.6) is 0 Å². The number of ketones is 1. The van der Waals surface area contributed by atoms with Gasteiger partial charge in [-0.3, -0.25) is 14.4 Å². The second-order valence-corrected chi connectivity index (χ2v) is 7.22. The summed E-state index contributed by atoms with van der Waals surface area (Å²) >= 11 is 0. The van der Waals surface area contributed by atoms with Gasteiger partial charge in [-0.25, -0.2) is 9.97 Å². The summed E-state index contributed by atoms with van der Waals surface area (Å²) in [4.78, 5) is 47.8. The third-order valence-corrected chi connectivity index (χ3v) is 5.05. The lowest BCUT2D eigenvalue weighted by atomic mass is 9.94. The smallest absolute Gasteiger partial charge is 0.225 e. The zero-order valence-electron chi connectivity index (χ0n) is 16.9. The Balaban J connectivity index is 1.71. The van der Waals surface area contributed by atoms with Gasteiger partial charge in [-0.15, -0.1) is 0 Å². The molecule has 1 atom stereocenters. The molecule has 0 radical (unpaired) electrons. The van der Waals surface area contributed by atoms with Crippen molar-refractivity contribution < 1.29 is 14.4 Å². The maximum Gasteiger partial charge on any atom is 0.225 e. The number of hydrogen-bond donors (Lipinski definition) is 4. The Bertz CT molecular complexity index is 1320. The van der Waals surface area contributed by atoms with Crippen LogP contribution in [0.2, 0.25) is 0 Å². The molecule has 9 nitrogen and oxygen atoms in total. The minimum atomic E-state index is -0.845. The maximum absolute atomic E-state index is 13.0. The van der Waals surface area contributed by atoms with Gasteiger partial charge in [0, 0.05) is 23.9 Å². The number of hydrogen-bond acceptors (Lipinski definition) is 6. The summed E-state index contributed by atoms with van der Waals surface area (Å²) in [6.45, 7) is 0. The molecule has 160 valence electrons. The molecule has 0 aliphatic rings. The first-order valence-corrected chi connectivity index (χ1v) is 9.80. The van der Waals surface area contributed by atoms with Crippen molar-refractivity contribution in [2.24, 2.45) is 11.5 Å². The Morgan fingerprint density at radius 1 is 1.00 bits per heavy atom. The third-order valence-electron chi connectivity index (χ3n) is 5.05. The Kier molecular flexibility index (Phi) is 5.63. The number of primary amides is 2. The number of nitrogens with one attached hydrogen (secondary N) is 2.